The Morgan fingerprint density at radius 1 is 1.18 bits per heavy atom. The summed E-state index contributed by atoms with van der Waals surface area (Å²) in [5.74, 6) is -2.02. The quantitative estimate of drug-likeness (QED) is 0.300. The summed E-state index contributed by atoms with van der Waals surface area (Å²) in [4.78, 5) is 1.66. The van der Waals surface area contributed by atoms with Crippen molar-refractivity contribution >= 4 is 27.6 Å². The first-order valence-electron chi connectivity index (χ1n) is 12.3. The molecule has 0 radical (unpaired) electrons. The summed E-state index contributed by atoms with van der Waals surface area (Å²) in [5.41, 5.74) is 2.93. The normalized spacial score (nSPS) is 18.2. The Hall–Kier alpha value is -3.29. The highest BCUT2D eigenvalue weighted by atomic mass is 32.2. The van der Waals surface area contributed by atoms with Crippen molar-refractivity contribution in [3.8, 4) is 0 Å². The van der Waals surface area contributed by atoms with Gasteiger partial charge in [-0.3, -0.25) is 9.58 Å². The highest BCUT2D eigenvalue weighted by Crippen LogP contribution is 2.36. The van der Waals surface area contributed by atoms with Crippen molar-refractivity contribution in [2.75, 3.05) is 31.5 Å². The predicted octanol–water partition coefficient (Wildman–Crippen LogP) is 4.85. The van der Waals surface area contributed by atoms with Crippen molar-refractivity contribution in [3.63, 3.8) is 0 Å². The van der Waals surface area contributed by atoms with E-state index in [-0.39, 0.29) is 31.2 Å². The summed E-state index contributed by atoms with van der Waals surface area (Å²) in [7, 11) is -2.38. The van der Waals surface area contributed by atoms with Crippen LogP contribution in [0.2, 0.25) is 0 Å². The molecule has 0 aliphatic carbocycles. The van der Waals surface area contributed by atoms with Crippen LogP contribution < -0.4 is 5.32 Å². The van der Waals surface area contributed by atoms with Gasteiger partial charge in [0, 0.05) is 68.6 Å². The molecule has 0 saturated carbocycles. The lowest BCUT2D eigenvalue weighted by molar-refractivity contribution is -0.176. The van der Waals surface area contributed by atoms with Crippen molar-refractivity contribution in [2.24, 2.45) is 13.0 Å². The van der Waals surface area contributed by atoms with Crippen LogP contribution in [-0.2, 0) is 17.1 Å². The molecular weight excluding hydrogens is 536 g/mol. The maximum Gasteiger partial charge on any atom is 0.392 e. The van der Waals surface area contributed by atoms with Gasteiger partial charge in [-0.25, -0.2) is 12.8 Å². The second kappa shape index (κ2) is 11.1. The van der Waals surface area contributed by atoms with Gasteiger partial charge >= 0.3 is 6.18 Å². The minimum Gasteiger partial charge on any atom is -0.355 e. The molecule has 4 rings (SSSR count). The van der Waals surface area contributed by atoms with Gasteiger partial charge in [-0.15, -0.1) is 0 Å². The number of halogens is 4. The van der Waals surface area contributed by atoms with Crippen LogP contribution in [0.3, 0.4) is 0 Å². The lowest BCUT2D eigenvalue weighted by Gasteiger charge is -2.42. The SMILES string of the molecule is Cc1cc(Nc2ccc(F)cc2)c(C=N)cc1[C@H]1CN(S(=O)(=O)c2ccn(C)n2)CCN1C[C@H](C)C(F)(F)F. The number of rotatable bonds is 8. The van der Waals surface area contributed by atoms with Crippen LogP contribution in [0.25, 0.3) is 0 Å². The molecule has 0 amide bonds. The Labute approximate surface area is 224 Å². The van der Waals surface area contributed by atoms with E-state index < -0.39 is 34.0 Å². The molecule has 1 saturated heterocycles. The van der Waals surface area contributed by atoms with E-state index in [2.05, 4.69) is 10.4 Å². The summed E-state index contributed by atoms with van der Waals surface area (Å²) in [6.45, 7) is 2.62. The average molecular weight is 567 g/mol. The summed E-state index contributed by atoms with van der Waals surface area (Å²) >= 11 is 0. The number of nitrogens with zero attached hydrogens (tertiary/aromatic N) is 4. The Kier molecular flexibility index (Phi) is 8.14. The third-order valence-corrected chi connectivity index (χ3v) is 8.65. The highest BCUT2D eigenvalue weighted by molar-refractivity contribution is 7.89. The molecule has 1 aliphatic heterocycles. The molecular formula is C26H30F4N6O2S. The molecule has 1 aromatic heterocycles. The summed E-state index contributed by atoms with van der Waals surface area (Å²) in [6.07, 6.45) is -1.78. The molecule has 210 valence electrons. The fourth-order valence-corrected chi connectivity index (χ4v) is 6.05. The van der Waals surface area contributed by atoms with Gasteiger partial charge < -0.3 is 10.7 Å². The van der Waals surface area contributed by atoms with Crippen LogP contribution in [-0.4, -0.2) is 66.0 Å². The van der Waals surface area contributed by atoms with Crippen LogP contribution in [0, 0.1) is 24.1 Å². The largest absolute Gasteiger partial charge is 0.392 e. The zero-order chi connectivity index (χ0) is 28.5. The Morgan fingerprint density at radius 2 is 1.87 bits per heavy atom. The monoisotopic (exact) mass is 566 g/mol. The number of benzene rings is 2. The molecule has 1 aliphatic rings. The molecule has 0 spiro atoms. The minimum absolute atomic E-state index is 0.0145. The van der Waals surface area contributed by atoms with Crippen molar-refractivity contribution in [1.29, 1.82) is 5.41 Å². The first-order chi connectivity index (χ1) is 18.3. The fraction of sp³-hybridized carbons (Fsp3) is 0.385. The number of sulfonamides is 1. The van der Waals surface area contributed by atoms with Crippen molar-refractivity contribution < 1.29 is 26.0 Å². The van der Waals surface area contributed by atoms with Crippen LogP contribution in [0.5, 0.6) is 0 Å². The number of alkyl halides is 3. The van der Waals surface area contributed by atoms with E-state index in [1.54, 1.807) is 43.1 Å². The number of hydrogen-bond acceptors (Lipinski definition) is 6. The molecule has 8 nitrogen and oxygen atoms in total. The van der Waals surface area contributed by atoms with Crippen LogP contribution in [0.15, 0.2) is 53.7 Å². The first-order valence-corrected chi connectivity index (χ1v) is 13.7. The molecule has 2 atom stereocenters. The maximum absolute atomic E-state index is 13.5. The lowest BCUT2D eigenvalue weighted by Crippen LogP contribution is -2.52. The van der Waals surface area contributed by atoms with Crippen molar-refractivity contribution in [3.05, 3.63) is 71.2 Å². The summed E-state index contributed by atoms with van der Waals surface area (Å²) < 4.78 is 83.1. The molecule has 13 heteroatoms. The van der Waals surface area contributed by atoms with E-state index >= 15 is 0 Å². The number of piperazine rings is 1. The minimum atomic E-state index is -4.40. The zero-order valence-corrected chi connectivity index (χ0v) is 22.5. The Morgan fingerprint density at radius 3 is 2.46 bits per heavy atom. The van der Waals surface area contributed by atoms with Gasteiger partial charge in [-0.1, -0.05) is 6.92 Å². The first kappa shape index (κ1) is 28.7. The molecule has 2 heterocycles. The number of anilines is 2. The second-order valence-electron chi connectivity index (χ2n) is 9.72. The van der Waals surface area contributed by atoms with Gasteiger partial charge in [-0.2, -0.15) is 22.6 Å². The molecule has 3 aromatic rings. The number of aryl methyl sites for hydroxylation is 2. The Bertz CT molecular complexity index is 1440. The fourth-order valence-electron chi connectivity index (χ4n) is 4.66. The molecule has 0 unspecified atom stereocenters. The van der Waals surface area contributed by atoms with E-state index in [4.69, 9.17) is 5.41 Å². The number of nitrogens with one attached hydrogen (secondary N) is 2. The number of aromatic nitrogens is 2. The van der Waals surface area contributed by atoms with Gasteiger partial charge in [0.05, 0.1) is 5.92 Å². The van der Waals surface area contributed by atoms with E-state index in [9.17, 15) is 26.0 Å². The van der Waals surface area contributed by atoms with Crippen molar-refractivity contribution in [2.45, 2.75) is 31.1 Å². The zero-order valence-electron chi connectivity index (χ0n) is 21.7. The summed E-state index contributed by atoms with van der Waals surface area (Å²) in [5, 5.41) is 15.0. The second-order valence-corrected chi connectivity index (χ2v) is 11.6. The van der Waals surface area contributed by atoms with Gasteiger partial charge in [0.2, 0.25) is 0 Å². The average Bonchev–Trinajstić information content (AvgIpc) is 3.32. The summed E-state index contributed by atoms with van der Waals surface area (Å²) in [6, 6.07) is 9.84. The van der Waals surface area contributed by atoms with Gasteiger partial charge in [0.25, 0.3) is 10.0 Å². The third kappa shape index (κ3) is 6.31. The number of hydrogen-bond donors (Lipinski definition) is 2. The Balaban J connectivity index is 1.71. The van der Waals surface area contributed by atoms with Crippen molar-refractivity contribution in [1.82, 2.24) is 19.0 Å². The molecule has 1 fully saturated rings. The van der Waals surface area contributed by atoms with E-state index in [1.165, 1.54) is 33.4 Å². The van der Waals surface area contributed by atoms with Gasteiger partial charge in [0.15, 0.2) is 5.03 Å². The smallest absolute Gasteiger partial charge is 0.355 e. The molecule has 2 N–H and O–H groups in total. The standard InChI is InChI=1S/C26H30F4N6O2S/c1-17-12-23(32-21-6-4-20(27)5-7-21)19(14-31)13-22(17)24-16-36(39(37,38)25-8-9-34(3)33-25)11-10-35(24)15-18(2)26(28,29)30/h4-9,12-14,18,24,31-32H,10-11,15-16H2,1-3H3/t18-,24+/m0/s1. The third-order valence-electron chi connectivity index (χ3n) is 6.89. The van der Waals surface area contributed by atoms with Gasteiger partial charge in [-0.05, 0) is 60.5 Å². The van der Waals surface area contributed by atoms with Crippen LogP contribution >= 0.6 is 0 Å². The lowest BCUT2D eigenvalue weighted by atomic mass is 9.94. The maximum atomic E-state index is 13.5. The predicted molar refractivity (Wildman–Crippen MR) is 140 cm³/mol. The molecule has 2 aromatic carbocycles. The van der Waals surface area contributed by atoms with E-state index in [1.807, 2.05) is 0 Å². The van der Waals surface area contributed by atoms with Gasteiger partial charge in [0.1, 0.15) is 5.82 Å². The van der Waals surface area contributed by atoms with E-state index in [0.29, 0.717) is 28.1 Å². The molecule has 0 bridgehead atoms. The topological polar surface area (TPSA) is 94.3 Å². The van der Waals surface area contributed by atoms with Crippen LogP contribution in [0.1, 0.15) is 29.7 Å². The highest BCUT2D eigenvalue weighted by Gasteiger charge is 2.42. The van der Waals surface area contributed by atoms with Crippen LogP contribution in [0.4, 0.5) is 28.9 Å². The molecule has 39 heavy (non-hydrogen) atoms. The van der Waals surface area contributed by atoms with E-state index in [0.717, 1.165) is 13.1 Å².